The van der Waals surface area contributed by atoms with Gasteiger partial charge >= 0.3 is 0 Å². The first-order valence-electron chi connectivity index (χ1n) is 7.38. The minimum Gasteiger partial charge on any atom is -0.310 e. The van der Waals surface area contributed by atoms with E-state index < -0.39 is 0 Å². The molecule has 0 aliphatic heterocycles. The highest BCUT2D eigenvalue weighted by atomic mass is 35.5. The summed E-state index contributed by atoms with van der Waals surface area (Å²) in [6, 6.07) is 18.4. The fourth-order valence-corrected chi connectivity index (χ4v) is 3.65. The van der Waals surface area contributed by atoms with Gasteiger partial charge in [0.2, 0.25) is 0 Å². The van der Waals surface area contributed by atoms with E-state index in [-0.39, 0.29) is 0 Å². The third-order valence-electron chi connectivity index (χ3n) is 4.57. The van der Waals surface area contributed by atoms with Crippen molar-refractivity contribution in [2.45, 2.75) is 37.3 Å². The minimum atomic E-state index is 0.585. The van der Waals surface area contributed by atoms with E-state index in [0.717, 1.165) is 17.9 Å². The molecule has 1 saturated carbocycles. The van der Waals surface area contributed by atoms with E-state index in [1.54, 1.807) is 0 Å². The van der Waals surface area contributed by atoms with Gasteiger partial charge in [-0.15, -0.1) is 0 Å². The molecule has 2 aliphatic carbocycles. The second-order valence-electron chi connectivity index (χ2n) is 6.04. The number of benzene rings is 2. The lowest BCUT2D eigenvalue weighted by Gasteiger charge is -2.11. The SMILES string of the molecule is Clc1ccc2c(c1)CC(NC1CC1c1ccccc1)C2. The summed E-state index contributed by atoms with van der Waals surface area (Å²) in [6.07, 6.45) is 3.54. The molecule has 2 aliphatic rings. The Labute approximate surface area is 125 Å². The monoisotopic (exact) mass is 283 g/mol. The predicted molar refractivity (Wildman–Crippen MR) is 83.4 cm³/mol. The molecule has 0 aromatic heterocycles. The molecule has 2 heteroatoms. The van der Waals surface area contributed by atoms with Gasteiger partial charge in [0.05, 0.1) is 0 Å². The van der Waals surface area contributed by atoms with E-state index in [0.29, 0.717) is 18.0 Å². The van der Waals surface area contributed by atoms with Crippen molar-refractivity contribution in [2.75, 3.05) is 0 Å². The summed E-state index contributed by atoms with van der Waals surface area (Å²) in [4.78, 5) is 0. The van der Waals surface area contributed by atoms with E-state index in [1.807, 2.05) is 6.07 Å². The molecule has 0 spiro atoms. The van der Waals surface area contributed by atoms with Gasteiger partial charge in [-0.2, -0.15) is 0 Å². The largest absolute Gasteiger partial charge is 0.310 e. The molecule has 0 amide bonds. The average Bonchev–Trinajstić information content (AvgIpc) is 3.10. The number of nitrogens with one attached hydrogen (secondary N) is 1. The summed E-state index contributed by atoms with van der Waals surface area (Å²) in [5.74, 6) is 0.712. The van der Waals surface area contributed by atoms with Crippen LogP contribution < -0.4 is 5.32 Å². The van der Waals surface area contributed by atoms with Crippen LogP contribution in [0.3, 0.4) is 0 Å². The summed E-state index contributed by atoms with van der Waals surface area (Å²) >= 11 is 6.07. The second kappa shape index (κ2) is 4.91. The Morgan fingerprint density at radius 1 is 0.950 bits per heavy atom. The molecule has 2 aromatic carbocycles. The van der Waals surface area contributed by atoms with Gasteiger partial charge in [-0.05, 0) is 48.1 Å². The highest BCUT2D eigenvalue weighted by Gasteiger charge is 2.40. The molecular formula is C18H18ClN. The molecular weight excluding hydrogens is 266 g/mol. The topological polar surface area (TPSA) is 12.0 Å². The maximum atomic E-state index is 6.07. The van der Waals surface area contributed by atoms with Crippen molar-refractivity contribution >= 4 is 11.6 Å². The number of hydrogen-bond acceptors (Lipinski definition) is 1. The van der Waals surface area contributed by atoms with Gasteiger partial charge in [0.1, 0.15) is 0 Å². The summed E-state index contributed by atoms with van der Waals surface area (Å²) < 4.78 is 0. The Kier molecular flexibility index (Phi) is 3.05. The van der Waals surface area contributed by atoms with Gasteiger partial charge in [0.25, 0.3) is 0 Å². The van der Waals surface area contributed by atoms with Crippen LogP contribution in [0, 0.1) is 0 Å². The Bertz CT molecular complexity index is 623. The van der Waals surface area contributed by atoms with Crippen molar-refractivity contribution in [1.82, 2.24) is 5.32 Å². The van der Waals surface area contributed by atoms with E-state index in [4.69, 9.17) is 11.6 Å². The zero-order valence-electron chi connectivity index (χ0n) is 11.4. The highest BCUT2D eigenvalue weighted by molar-refractivity contribution is 6.30. The predicted octanol–water partition coefficient (Wildman–Crippen LogP) is 3.95. The second-order valence-corrected chi connectivity index (χ2v) is 6.48. The van der Waals surface area contributed by atoms with Crippen LogP contribution in [0.25, 0.3) is 0 Å². The number of rotatable bonds is 3. The molecule has 0 saturated heterocycles. The number of halogens is 1. The van der Waals surface area contributed by atoms with E-state index in [2.05, 4.69) is 47.8 Å². The standard InChI is InChI=1S/C18H18ClN/c19-15-7-6-13-9-16(10-14(13)8-15)20-18-11-17(18)12-4-2-1-3-5-12/h1-8,16-18,20H,9-11H2. The third-order valence-corrected chi connectivity index (χ3v) is 4.80. The highest BCUT2D eigenvalue weighted by Crippen LogP contribution is 2.41. The van der Waals surface area contributed by atoms with Crippen LogP contribution in [0.15, 0.2) is 48.5 Å². The fourth-order valence-electron chi connectivity index (χ4n) is 3.46. The minimum absolute atomic E-state index is 0.585. The van der Waals surface area contributed by atoms with E-state index in [9.17, 15) is 0 Å². The Morgan fingerprint density at radius 2 is 1.75 bits per heavy atom. The summed E-state index contributed by atoms with van der Waals surface area (Å²) in [5, 5.41) is 4.68. The lowest BCUT2D eigenvalue weighted by Crippen LogP contribution is -2.32. The van der Waals surface area contributed by atoms with Crippen LogP contribution in [0.2, 0.25) is 5.02 Å². The Balaban J connectivity index is 1.39. The molecule has 102 valence electrons. The molecule has 1 N–H and O–H groups in total. The van der Waals surface area contributed by atoms with Crippen molar-refractivity contribution in [1.29, 1.82) is 0 Å². The van der Waals surface area contributed by atoms with Crippen LogP contribution in [0.1, 0.15) is 29.0 Å². The fraction of sp³-hybridized carbons (Fsp3) is 0.333. The maximum absolute atomic E-state index is 6.07. The molecule has 20 heavy (non-hydrogen) atoms. The van der Waals surface area contributed by atoms with Crippen LogP contribution in [-0.4, -0.2) is 12.1 Å². The zero-order valence-corrected chi connectivity index (χ0v) is 12.1. The molecule has 1 fully saturated rings. The van der Waals surface area contributed by atoms with E-state index >= 15 is 0 Å². The molecule has 3 atom stereocenters. The van der Waals surface area contributed by atoms with Crippen LogP contribution >= 0.6 is 11.6 Å². The maximum Gasteiger partial charge on any atom is 0.0408 e. The Morgan fingerprint density at radius 3 is 2.60 bits per heavy atom. The molecule has 4 rings (SSSR count). The molecule has 2 aromatic rings. The molecule has 0 bridgehead atoms. The third kappa shape index (κ3) is 2.36. The van der Waals surface area contributed by atoms with Gasteiger partial charge in [-0.3, -0.25) is 0 Å². The van der Waals surface area contributed by atoms with Crippen molar-refractivity contribution in [2.24, 2.45) is 0 Å². The van der Waals surface area contributed by atoms with Gasteiger partial charge in [-0.25, -0.2) is 0 Å². The molecule has 0 heterocycles. The van der Waals surface area contributed by atoms with Crippen LogP contribution in [0.5, 0.6) is 0 Å². The van der Waals surface area contributed by atoms with Gasteiger partial charge < -0.3 is 5.32 Å². The van der Waals surface area contributed by atoms with Crippen LogP contribution in [-0.2, 0) is 12.8 Å². The number of fused-ring (bicyclic) bond motifs is 1. The molecule has 3 unspecified atom stereocenters. The van der Waals surface area contributed by atoms with Crippen molar-refractivity contribution in [3.63, 3.8) is 0 Å². The molecule has 0 radical (unpaired) electrons. The number of hydrogen-bond donors (Lipinski definition) is 1. The first kappa shape index (κ1) is 12.4. The van der Waals surface area contributed by atoms with E-state index in [1.165, 1.54) is 23.1 Å². The van der Waals surface area contributed by atoms with Crippen molar-refractivity contribution in [3.8, 4) is 0 Å². The lowest BCUT2D eigenvalue weighted by atomic mass is 10.1. The normalized spacial score (nSPS) is 27.4. The zero-order chi connectivity index (χ0) is 13.5. The quantitative estimate of drug-likeness (QED) is 0.899. The first-order valence-corrected chi connectivity index (χ1v) is 7.76. The summed E-state index contributed by atoms with van der Waals surface area (Å²) in [5.41, 5.74) is 4.36. The van der Waals surface area contributed by atoms with Crippen LogP contribution in [0.4, 0.5) is 0 Å². The van der Waals surface area contributed by atoms with Crippen molar-refractivity contribution < 1.29 is 0 Å². The average molecular weight is 284 g/mol. The Hall–Kier alpha value is -1.31. The first-order chi connectivity index (χ1) is 9.79. The van der Waals surface area contributed by atoms with Crippen molar-refractivity contribution in [3.05, 3.63) is 70.2 Å². The lowest BCUT2D eigenvalue weighted by molar-refractivity contribution is 0.524. The smallest absolute Gasteiger partial charge is 0.0408 e. The summed E-state index contributed by atoms with van der Waals surface area (Å²) in [7, 11) is 0. The van der Waals surface area contributed by atoms with Gasteiger partial charge in [0.15, 0.2) is 0 Å². The molecule has 1 nitrogen and oxygen atoms in total. The summed E-state index contributed by atoms with van der Waals surface area (Å²) in [6.45, 7) is 0. The van der Waals surface area contributed by atoms with Gasteiger partial charge in [0, 0.05) is 23.0 Å². The van der Waals surface area contributed by atoms with Gasteiger partial charge in [-0.1, -0.05) is 48.0 Å².